The molecule has 1 rings (SSSR count). The number of ether oxygens (including phenoxy) is 1. The van der Waals surface area contributed by atoms with Crippen molar-refractivity contribution in [3.8, 4) is 0 Å². The van der Waals surface area contributed by atoms with Crippen LogP contribution in [0.15, 0.2) is 30.3 Å². The number of sulfone groups is 1. The number of nitrogens with two attached hydrogens (primary N) is 1. The topological polar surface area (TPSA) is 69.4 Å². The average Bonchev–Trinajstić information content (AvgIpc) is 2.40. The molecule has 1 aromatic carbocycles. The molecule has 19 heavy (non-hydrogen) atoms. The van der Waals surface area contributed by atoms with E-state index in [4.69, 9.17) is 10.5 Å². The van der Waals surface area contributed by atoms with E-state index in [9.17, 15) is 8.42 Å². The Morgan fingerprint density at radius 3 is 2.42 bits per heavy atom. The molecule has 4 nitrogen and oxygen atoms in total. The van der Waals surface area contributed by atoms with Crippen molar-refractivity contribution >= 4 is 9.84 Å². The third-order valence-corrected chi connectivity index (χ3v) is 4.99. The maximum absolute atomic E-state index is 11.4. The van der Waals surface area contributed by atoms with E-state index in [0.717, 1.165) is 5.56 Å². The Morgan fingerprint density at radius 1 is 1.26 bits per heavy atom. The van der Waals surface area contributed by atoms with Crippen LogP contribution in [-0.2, 0) is 14.6 Å². The first-order valence-electron chi connectivity index (χ1n) is 6.54. The van der Waals surface area contributed by atoms with Crippen molar-refractivity contribution < 1.29 is 13.2 Å². The highest BCUT2D eigenvalue weighted by Gasteiger charge is 2.19. The van der Waals surface area contributed by atoms with Crippen LogP contribution in [-0.4, -0.2) is 33.1 Å². The summed E-state index contributed by atoms with van der Waals surface area (Å²) in [5.41, 5.74) is 7.14. The van der Waals surface area contributed by atoms with E-state index < -0.39 is 9.84 Å². The van der Waals surface area contributed by atoms with Crippen molar-refractivity contribution in [1.29, 1.82) is 0 Å². The molecule has 2 atom stereocenters. The van der Waals surface area contributed by atoms with Gasteiger partial charge in [0.05, 0.1) is 11.9 Å². The molecule has 2 N–H and O–H groups in total. The zero-order chi connectivity index (χ0) is 14.3. The van der Waals surface area contributed by atoms with Crippen LogP contribution in [0, 0.1) is 0 Å². The highest BCUT2D eigenvalue weighted by Crippen LogP contribution is 2.21. The van der Waals surface area contributed by atoms with Gasteiger partial charge in [0.15, 0.2) is 0 Å². The van der Waals surface area contributed by atoms with Gasteiger partial charge >= 0.3 is 0 Å². The van der Waals surface area contributed by atoms with Crippen molar-refractivity contribution in [1.82, 2.24) is 0 Å². The fourth-order valence-corrected chi connectivity index (χ4v) is 2.93. The lowest BCUT2D eigenvalue weighted by molar-refractivity contribution is 0.0775. The quantitative estimate of drug-likeness (QED) is 0.792. The summed E-state index contributed by atoms with van der Waals surface area (Å²) < 4.78 is 28.3. The normalized spacial score (nSPS) is 15.1. The van der Waals surface area contributed by atoms with Gasteiger partial charge in [0.1, 0.15) is 9.84 Å². The van der Waals surface area contributed by atoms with Crippen LogP contribution in [0.3, 0.4) is 0 Å². The second-order valence-electron chi connectivity index (χ2n) is 4.61. The van der Waals surface area contributed by atoms with Gasteiger partial charge in [-0.2, -0.15) is 0 Å². The van der Waals surface area contributed by atoms with Gasteiger partial charge in [0.25, 0.3) is 0 Å². The first-order valence-corrected chi connectivity index (χ1v) is 8.36. The van der Waals surface area contributed by atoms with Crippen molar-refractivity contribution in [2.75, 3.05) is 18.6 Å². The summed E-state index contributed by atoms with van der Waals surface area (Å²) in [5.74, 6) is 0.386. The van der Waals surface area contributed by atoms with Gasteiger partial charge in [0.2, 0.25) is 0 Å². The van der Waals surface area contributed by atoms with Crippen molar-refractivity contribution in [3.63, 3.8) is 0 Å². The Labute approximate surface area is 115 Å². The predicted molar refractivity (Wildman–Crippen MR) is 77.7 cm³/mol. The molecule has 1 aromatic rings. The molecule has 0 fully saturated rings. The monoisotopic (exact) mass is 285 g/mol. The average molecular weight is 285 g/mol. The third-order valence-electron chi connectivity index (χ3n) is 3.20. The van der Waals surface area contributed by atoms with Gasteiger partial charge in [-0.15, -0.1) is 0 Å². The van der Waals surface area contributed by atoms with Gasteiger partial charge in [-0.05, 0) is 18.4 Å². The fourth-order valence-electron chi connectivity index (χ4n) is 2.04. The lowest BCUT2D eigenvalue weighted by Gasteiger charge is -2.23. The largest absolute Gasteiger partial charge is 0.375 e. The van der Waals surface area contributed by atoms with E-state index in [1.54, 1.807) is 14.0 Å². The summed E-state index contributed by atoms with van der Waals surface area (Å²) in [7, 11) is -1.28. The van der Waals surface area contributed by atoms with Gasteiger partial charge in [-0.3, -0.25) is 0 Å². The van der Waals surface area contributed by atoms with Crippen LogP contribution in [0.2, 0.25) is 0 Å². The summed E-state index contributed by atoms with van der Waals surface area (Å²) in [6.07, 6.45) is 1.02. The van der Waals surface area contributed by atoms with Crippen molar-refractivity contribution in [2.24, 2.45) is 5.73 Å². The Kier molecular flexibility index (Phi) is 6.48. The molecule has 2 unspecified atom stereocenters. The van der Waals surface area contributed by atoms with Crippen LogP contribution in [0.5, 0.6) is 0 Å². The number of hydrogen-bond donors (Lipinski definition) is 1. The molecule has 0 radical (unpaired) electrons. The van der Waals surface area contributed by atoms with Crippen LogP contribution in [0.25, 0.3) is 0 Å². The maximum atomic E-state index is 11.4. The molecular formula is C14H23NO3S. The first-order chi connectivity index (χ1) is 9.00. The SMILES string of the molecule is CCS(=O)(=O)CCCC(N)C(OC)c1ccccc1. The maximum Gasteiger partial charge on any atom is 0.150 e. The molecule has 0 aromatic heterocycles. The predicted octanol–water partition coefficient (Wildman–Crippen LogP) is 1.92. The Balaban J connectivity index is 2.54. The van der Waals surface area contributed by atoms with Crippen molar-refractivity contribution in [2.45, 2.75) is 31.9 Å². The lowest BCUT2D eigenvalue weighted by Crippen LogP contribution is -2.30. The lowest BCUT2D eigenvalue weighted by atomic mass is 9.99. The smallest absolute Gasteiger partial charge is 0.150 e. The molecule has 0 amide bonds. The van der Waals surface area contributed by atoms with E-state index >= 15 is 0 Å². The molecule has 0 saturated carbocycles. The Morgan fingerprint density at radius 2 is 1.89 bits per heavy atom. The summed E-state index contributed by atoms with van der Waals surface area (Å²) in [6, 6.07) is 9.56. The van der Waals surface area contributed by atoms with Gasteiger partial charge in [-0.25, -0.2) is 8.42 Å². The number of rotatable bonds is 8. The zero-order valence-electron chi connectivity index (χ0n) is 11.6. The molecule has 0 aliphatic heterocycles. The van der Waals surface area contributed by atoms with Crippen LogP contribution in [0.4, 0.5) is 0 Å². The van der Waals surface area contributed by atoms with E-state index in [1.165, 1.54) is 0 Å². The van der Waals surface area contributed by atoms with Gasteiger partial charge in [-0.1, -0.05) is 37.3 Å². The number of benzene rings is 1. The zero-order valence-corrected chi connectivity index (χ0v) is 12.4. The molecule has 0 aliphatic rings. The molecule has 0 bridgehead atoms. The highest BCUT2D eigenvalue weighted by molar-refractivity contribution is 7.91. The fraction of sp³-hybridized carbons (Fsp3) is 0.571. The summed E-state index contributed by atoms with van der Waals surface area (Å²) in [4.78, 5) is 0. The summed E-state index contributed by atoms with van der Waals surface area (Å²) in [6.45, 7) is 1.66. The highest BCUT2D eigenvalue weighted by atomic mass is 32.2. The molecule has 0 spiro atoms. The van der Waals surface area contributed by atoms with E-state index in [0.29, 0.717) is 12.8 Å². The molecule has 0 aliphatic carbocycles. The molecular weight excluding hydrogens is 262 g/mol. The number of hydrogen-bond acceptors (Lipinski definition) is 4. The molecule has 108 valence electrons. The van der Waals surface area contributed by atoms with E-state index in [-0.39, 0.29) is 23.7 Å². The van der Waals surface area contributed by atoms with E-state index in [2.05, 4.69) is 0 Å². The van der Waals surface area contributed by atoms with Crippen LogP contribution >= 0.6 is 0 Å². The Hall–Kier alpha value is -0.910. The molecule has 0 heterocycles. The minimum absolute atomic E-state index is 0.189. The minimum Gasteiger partial charge on any atom is -0.375 e. The minimum atomic E-state index is -2.91. The van der Waals surface area contributed by atoms with Crippen LogP contribution < -0.4 is 5.73 Å². The van der Waals surface area contributed by atoms with Gasteiger partial charge in [0, 0.05) is 18.9 Å². The number of methoxy groups -OCH3 is 1. The first kappa shape index (κ1) is 16.1. The molecule has 5 heteroatoms. The summed E-state index contributed by atoms with van der Waals surface area (Å²) >= 11 is 0. The van der Waals surface area contributed by atoms with Gasteiger partial charge < -0.3 is 10.5 Å². The third kappa shape index (κ3) is 5.30. The van der Waals surface area contributed by atoms with Crippen molar-refractivity contribution in [3.05, 3.63) is 35.9 Å². The Bertz CT molecular complexity index is 459. The molecule has 0 saturated heterocycles. The standard InChI is InChI=1S/C14H23NO3S/c1-3-19(16,17)11-7-10-13(15)14(18-2)12-8-5-4-6-9-12/h4-6,8-9,13-14H,3,7,10-11,15H2,1-2H3. The van der Waals surface area contributed by atoms with Crippen LogP contribution in [0.1, 0.15) is 31.4 Å². The van der Waals surface area contributed by atoms with E-state index in [1.807, 2.05) is 30.3 Å². The second-order valence-corrected chi connectivity index (χ2v) is 7.08. The second kappa shape index (κ2) is 7.62. The summed E-state index contributed by atoms with van der Waals surface area (Å²) in [5, 5.41) is 0.